The molecule has 0 radical (unpaired) electrons. The number of ether oxygens (including phenoxy) is 2. The molecule has 0 saturated heterocycles. The van der Waals surface area contributed by atoms with Crippen LogP contribution in [-0.2, 0) is 28.7 Å². The lowest BCUT2D eigenvalue weighted by Gasteiger charge is -2.58. The number of esters is 2. The maximum atomic E-state index is 13.0. The third-order valence-electron chi connectivity index (χ3n) is 25.0. The van der Waals surface area contributed by atoms with Gasteiger partial charge in [0.2, 0.25) is 11.8 Å². The van der Waals surface area contributed by atoms with Crippen LogP contribution in [-0.4, -0.2) is 49.1 Å². The average molecular weight is 1110 g/mol. The van der Waals surface area contributed by atoms with Crippen molar-refractivity contribution in [3.05, 3.63) is 23.3 Å². The van der Waals surface area contributed by atoms with Crippen molar-refractivity contribution in [1.82, 2.24) is 10.6 Å². The number of allylic oxidation sites excluding steroid dienone is 2. The zero-order valence-electron chi connectivity index (χ0n) is 53.1. The van der Waals surface area contributed by atoms with Crippen LogP contribution in [0.2, 0.25) is 0 Å². The summed E-state index contributed by atoms with van der Waals surface area (Å²) in [7, 11) is 0. The first-order valence-electron chi connectivity index (χ1n) is 34.6. The van der Waals surface area contributed by atoms with Crippen LogP contribution in [0.5, 0.6) is 0 Å². The van der Waals surface area contributed by atoms with Gasteiger partial charge in [-0.05, 0) is 195 Å². The first-order valence-corrected chi connectivity index (χ1v) is 34.6. The van der Waals surface area contributed by atoms with Gasteiger partial charge in [-0.3, -0.25) is 19.2 Å². The fourth-order valence-corrected chi connectivity index (χ4v) is 20.4. The van der Waals surface area contributed by atoms with E-state index in [9.17, 15) is 19.2 Å². The Bertz CT molecular complexity index is 1970. The van der Waals surface area contributed by atoms with Crippen molar-refractivity contribution in [2.24, 2.45) is 92.7 Å². The molecular formula is C72H120N2O6. The largest absolute Gasteiger partial charge is 0.462 e. The van der Waals surface area contributed by atoms with Gasteiger partial charge in [-0.2, -0.15) is 0 Å². The molecule has 8 aliphatic carbocycles. The third kappa shape index (κ3) is 15.1. The SMILES string of the molecule is CC(C)CCC[C@@H](C)[C@H]1CC[C@H]2[C@@H]3CC=C4C[C@@H](OC(=O)CCC(=O)NCCCCCCCCCCNC(=O)CCC(=O)O[C@H]5CC[C@@]6(C)C(=CC[C@H]7[C@@H]8CC[C@H]([C@H](C)CCCC(C)C)[C@@]8(C)CC[C@@H]76)C5)CC[C@]4(C)[C@H]3CC[C@]12C. The molecule has 8 heteroatoms. The Morgan fingerprint density at radius 1 is 0.463 bits per heavy atom. The molecule has 8 rings (SSSR count). The lowest BCUT2D eigenvalue weighted by atomic mass is 9.47. The van der Waals surface area contributed by atoms with E-state index in [0.29, 0.717) is 23.9 Å². The van der Waals surface area contributed by atoms with Crippen LogP contribution in [0.25, 0.3) is 0 Å². The number of unbranched alkanes of at least 4 members (excludes halogenated alkanes) is 7. The molecule has 0 spiro atoms. The normalized spacial score (nSPS) is 36.0. The molecule has 0 bridgehead atoms. The van der Waals surface area contributed by atoms with Gasteiger partial charge in [-0.25, -0.2) is 0 Å². The second-order valence-corrected chi connectivity index (χ2v) is 30.8. The number of fused-ring (bicyclic) bond motifs is 10. The number of carbonyl (C=O) groups excluding carboxylic acids is 4. The quantitative estimate of drug-likeness (QED) is 0.0439. The summed E-state index contributed by atoms with van der Waals surface area (Å²) in [6.07, 6.45) is 42.1. The van der Waals surface area contributed by atoms with Crippen LogP contribution >= 0.6 is 0 Å². The Balaban J connectivity index is 0.610. The zero-order valence-corrected chi connectivity index (χ0v) is 53.1. The van der Waals surface area contributed by atoms with Gasteiger partial charge in [0, 0.05) is 38.8 Å². The summed E-state index contributed by atoms with van der Waals surface area (Å²) in [5.41, 5.74) is 4.55. The number of carbonyl (C=O) groups is 4. The van der Waals surface area contributed by atoms with Crippen molar-refractivity contribution in [3.8, 4) is 0 Å². The highest BCUT2D eigenvalue weighted by molar-refractivity contribution is 5.82. The average Bonchev–Trinajstić information content (AvgIpc) is 4.10. The Hall–Kier alpha value is -2.64. The van der Waals surface area contributed by atoms with Gasteiger partial charge in [0.05, 0.1) is 12.8 Å². The minimum atomic E-state index is -0.229. The maximum Gasteiger partial charge on any atom is 0.306 e. The van der Waals surface area contributed by atoms with Gasteiger partial charge in [0.1, 0.15) is 12.2 Å². The summed E-state index contributed by atoms with van der Waals surface area (Å²) in [5, 5.41) is 6.06. The van der Waals surface area contributed by atoms with Gasteiger partial charge in [0.15, 0.2) is 0 Å². The van der Waals surface area contributed by atoms with E-state index >= 15 is 0 Å². The van der Waals surface area contributed by atoms with E-state index in [1.165, 1.54) is 116 Å². The highest BCUT2D eigenvalue weighted by Crippen LogP contribution is 2.69. The summed E-state index contributed by atoms with van der Waals surface area (Å²) < 4.78 is 12.1. The van der Waals surface area contributed by atoms with Gasteiger partial charge in [-0.15, -0.1) is 0 Å². The van der Waals surface area contributed by atoms with Gasteiger partial charge < -0.3 is 20.1 Å². The topological polar surface area (TPSA) is 111 Å². The molecule has 0 unspecified atom stereocenters. The van der Waals surface area contributed by atoms with Crippen LogP contribution in [0.3, 0.4) is 0 Å². The van der Waals surface area contributed by atoms with Crippen molar-refractivity contribution in [2.45, 2.75) is 300 Å². The van der Waals surface area contributed by atoms with E-state index in [2.05, 4.69) is 92.0 Å². The van der Waals surface area contributed by atoms with Crippen molar-refractivity contribution in [1.29, 1.82) is 0 Å². The van der Waals surface area contributed by atoms with Crippen LogP contribution in [0.1, 0.15) is 288 Å². The number of hydrogen-bond donors (Lipinski definition) is 2. The Kier molecular flexibility index (Phi) is 22.6. The standard InChI is InChI=1S/C72H120N2O6/c1-49(2)21-19-23-51(5)59-29-31-61-57-27-25-53-47-55(37-41-69(53,7)63(57)39-43-71(59,61)9)79-67(77)35-33-65(75)73-45-17-15-13-11-12-14-16-18-46-74-66(76)34-36-68(78)80-56-38-42-70(8)54(48-56)26-28-58-62-32-30-60(52(6)24-20-22-50(3)4)72(62,10)44-40-64(58)70/h25-26,49-52,55-64H,11-24,27-48H2,1-10H3,(H,73,75)(H,74,76)/t51-,52-,55+,56+,57+,58+,59-,60-,61+,62+,63+,64+,69+,70+,71-,72-/m1/s1. The highest BCUT2D eigenvalue weighted by Gasteiger charge is 2.61. The van der Waals surface area contributed by atoms with E-state index in [1.807, 2.05) is 0 Å². The van der Waals surface area contributed by atoms with E-state index in [4.69, 9.17) is 9.47 Å². The summed E-state index contributed by atoms with van der Waals surface area (Å²) in [6, 6.07) is 0. The lowest BCUT2D eigenvalue weighted by molar-refractivity contribution is -0.153. The minimum Gasteiger partial charge on any atom is -0.462 e. The molecule has 8 nitrogen and oxygen atoms in total. The molecule has 0 heterocycles. The second-order valence-electron chi connectivity index (χ2n) is 30.8. The van der Waals surface area contributed by atoms with Gasteiger partial charge >= 0.3 is 11.9 Å². The monoisotopic (exact) mass is 1110 g/mol. The second kappa shape index (κ2) is 28.5. The molecule has 0 aromatic carbocycles. The summed E-state index contributed by atoms with van der Waals surface area (Å²) in [5.74, 6) is 9.28. The van der Waals surface area contributed by atoms with Crippen molar-refractivity contribution in [3.63, 3.8) is 0 Å². The first kappa shape index (κ1) is 63.4. The highest BCUT2D eigenvalue weighted by atomic mass is 16.5. The predicted octanol–water partition coefficient (Wildman–Crippen LogP) is 17.8. The molecule has 2 N–H and O–H groups in total. The summed E-state index contributed by atoms with van der Waals surface area (Å²) in [4.78, 5) is 51.3. The van der Waals surface area contributed by atoms with Crippen LogP contribution in [0.15, 0.2) is 23.3 Å². The number of rotatable bonds is 29. The Morgan fingerprint density at radius 3 is 1.24 bits per heavy atom. The minimum absolute atomic E-state index is 0.0582. The Labute approximate surface area is 489 Å². The molecule has 0 aromatic heterocycles. The van der Waals surface area contributed by atoms with E-state index in [-0.39, 0.29) is 72.5 Å². The van der Waals surface area contributed by atoms with E-state index in [0.717, 1.165) is 148 Å². The fraction of sp³-hybridized carbons (Fsp3) is 0.889. The fourth-order valence-electron chi connectivity index (χ4n) is 20.4. The van der Waals surface area contributed by atoms with Crippen molar-refractivity contribution < 1.29 is 28.7 Å². The molecule has 6 fully saturated rings. The smallest absolute Gasteiger partial charge is 0.306 e. The molecular weight excluding hydrogens is 989 g/mol. The molecule has 6 saturated carbocycles. The van der Waals surface area contributed by atoms with Gasteiger partial charge in [0.25, 0.3) is 0 Å². The predicted molar refractivity (Wildman–Crippen MR) is 327 cm³/mol. The zero-order chi connectivity index (χ0) is 57.2. The van der Waals surface area contributed by atoms with Crippen LogP contribution < -0.4 is 10.6 Å². The molecule has 0 aliphatic heterocycles. The molecule has 80 heavy (non-hydrogen) atoms. The molecule has 0 aromatic rings. The van der Waals surface area contributed by atoms with E-state index in [1.54, 1.807) is 11.1 Å². The number of amides is 2. The molecule has 8 aliphatic rings. The van der Waals surface area contributed by atoms with Crippen molar-refractivity contribution >= 4 is 23.8 Å². The number of nitrogens with one attached hydrogen (secondary N) is 2. The Morgan fingerprint density at radius 2 is 0.850 bits per heavy atom. The van der Waals surface area contributed by atoms with Crippen LogP contribution in [0, 0.1) is 92.7 Å². The first-order chi connectivity index (χ1) is 38.2. The summed E-state index contributed by atoms with van der Waals surface area (Å²) >= 11 is 0. The lowest BCUT2D eigenvalue weighted by Crippen LogP contribution is -2.51. The summed E-state index contributed by atoms with van der Waals surface area (Å²) in [6.45, 7) is 26.3. The molecule has 16 atom stereocenters. The number of hydrogen-bond acceptors (Lipinski definition) is 6. The van der Waals surface area contributed by atoms with Crippen LogP contribution in [0.4, 0.5) is 0 Å². The van der Waals surface area contributed by atoms with Gasteiger partial charge in [-0.1, -0.05) is 170 Å². The molecule has 454 valence electrons. The molecule has 2 amide bonds. The van der Waals surface area contributed by atoms with E-state index < -0.39 is 0 Å². The van der Waals surface area contributed by atoms with Crippen molar-refractivity contribution in [2.75, 3.05) is 13.1 Å². The maximum absolute atomic E-state index is 13.0. The third-order valence-corrected chi connectivity index (χ3v) is 25.0.